The van der Waals surface area contributed by atoms with Gasteiger partial charge in [-0.2, -0.15) is 4.37 Å². The normalized spacial score (nSPS) is 11.3. The van der Waals surface area contributed by atoms with Gasteiger partial charge in [0.15, 0.2) is 17.2 Å². The molecule has 0 radical (unpaired) electrons. The molecule has 230 valence electrons. The molecule has 0 spiro atoms. The largest absolute Gasteiger partial charge is 0.493 e. The number of nitrogens with zero attached hydrogens (tertiary/aromatic N) is 2. The number of aromatic nitrogens is 1. The highest BCUT2D eigenvalue weighted by molar-refractivity contribution is 7.09. The van der Waals surface area contributed by atoms with Crippen molar-refractivity contribution in [3.05, 3.63) is 88.4 Å². The number of para-hydroxylation sites is 2. The van der Waals surface area contributed by atoms with Gasteiger partial charge in [-0.15, -0.1) is 0 Å². The molecule has 4 aromatic rings. The van der Waals surface area contributed by atoms with Crippen LogP contribution in [-0.4, -0.2) is 50.0 Å². The summed E-state index contributed by atoms with van der Waals surface area (Å²) in [5.41, 5.74) is 12.6. The number of nitrogens with one attached hydrogen (secondary N) is 1. The van der Waals surface area contributed by atoms with Crippen LogP contribution in [0.5, 0.6) is 23.0 Å². The maximum absolute atomic E-state index is 14.5. The van der Waals surface area contributed by atoms with Crippen LogP contribution in [0.25, 0.3) is 0 Å². The van der Waals surface area contributed by atoms with Crippen LogP contribution in [0, 0.1) is 0 Å². The first kappa shape index (κ1) is 31.6. The second-order valence-electron chi connectivity index (χ2n) is 9.28. The van der Waals surface area contributed by atoms with Crippen molar-refractivity contribution in [2.75, 3.05) is 38.6 Å². The van der Waals surface area contributed by atoms with E-state index in [-0.39, 0.29) is 46.6 Å². The number of benzene rings is 3. The van der Waals surface area contributed by atoms with E-state index in [2.05, 4.69) is 9.69 Å². The van der Waals surface area contributed by atoms with E-state index in [0.717, 1.165) is 5.56 Å². The molecule has 0 aliphatic rings. The molecule has 0 fully saturated rings. The van der Waals surface area contributed by atoms with Crippen LogP contribution in [-0.2, 0) is 11.3 Å². The van der Waals surface area contributed by atoms with Crippen LogP contribution in [0.15, 0.2) is 66.7 Å². The molecule has 3 amide bonds. The van der Waals surface area contributed by atoms with Gasteiger partial charge in [-0.1, -0.05) is 42.5 Å². The van der Waals surface area contributed by atoms with Gasteiger partial charge in [0.2, 0.25) is 11.7 Å². The van der Waals surface area contributed by atoms with E-state index in [4.69, 9.17) is 30.4 Å². The van der Waals surface area contributed by atoms with Gasteiger partial charge >= 0.3 is 0 Å². The van der Waals surface area contributed by atoms with E-state index in [9.17, 15) is 14.4 Å². The molecule has 1 heterocycles. The summed E-state index contributed by atoms with van der Waals surface area (Å²) in [5, 5.41) is 2.94. The predicted octanol–water partition coefficient (Wildman–Crippen LogP) is 3.95. The highest BCUT2D eigenvalue weighted by atomic mass is 32.1. The fraction of sp³-hybridized carbons (Fsp3) is 0.226. The Kier molecular flexibility index (Phi) is 10.2. The van der Waals surface area contributed by atoms with Crippen LogP contribution in [0.1, 0.15) is 44.3 Å². The zero-order valence-corrected chi connectivity index (χ0v) is 25.5. The lowest BCUT2D eigenvalue weighted by Gasteiger charge is -2.32. The van der Waals surface area contributed by atoms with Gasteiger partial charge < -0.3 is 35.7 Å². The Hall–Kier alpha value is -5.30. The summed E-state index contributed by atoms with van der Waals surface area (Å²) in [7, 11) is 4.35. The van der Waals surface area contributed by atoms with Crippen molar-refractivity contribution >= 4 is 40.6 Å². The summed E-state index contributed by atoms with van der Waals surface area (Å²) in [4.78, 5) is 42.0. The number of nitrogens with two attached hydrogens (primary N) is 2. The maximum Gasteiger partial charge on any atom is 0.273 e. The minimum Gasteiger partial charge on any atom is -0.493 e. The Morgan fingerprint density at radius 2 is 1.57 bits per heavy atom. The lowest BCUT2D eigenvalue weighted by atomic mass is 10.0. The average Bonchev–Trinajstić information content (AvgIpc) is 3.43. The third-order valence-corrected chi connectivity index (χ3v) is 7.47. The molecule has 0 saturated carbocycles. The Labute approximate surface area is 258 Å². The highest BCUT2D eigenvalue weighted by Crippen LogP contribution is 2.43. The summed E-state index contributed by atoms with van der Waals surface area (Å²) >= 11 is 0.702. The number of primary amides is 1. The van der Waals surface area contributed by atoms with Crippen molar-refractivity contribution in [3.63, 3.8) is 0 Å². The highest BCUT2D eigenvalue weighted by Gasteiger charge is 2.38. The number of anilines is 2. The average molecular weight is 620 g/mol. The molecule has 13 heteroatoms. The SMILES string of the molecule is CCOc1ccccc1N(C(=O)c1snc(C(N)=O)c1N)[C@@H](C(=O)NCc1ccccc1)c1cc(OC)c(OC)c(OC)c1. The van der Waals surface area contributed by atoms with Crippen molar-refractivity contribution in [1.82, 2.24) is 9.69 Å². The van der Waals surface area contributed by atoms with Gasteiger partial charge in [-0.3, -0.25) is 19.3 Å². The molecule has 0 bridgehead atoms. The topological polar surface area (TPSA) is 168 Å². The first-order valence-corrected chi connectivity index (χ1v) is 14.2. The van der Waals surface area contributed by atoms with Gasteiger partial charge in [0, 0.05) is 6.54 Å². The number of carbonyl (C=O) groups excluding carboxylic acids is 3. The van der Waals surface area contributed by atoms with Crippen LogP contribution in [0.2, 0.25) is 0 Å². The fourth-order valence-electron chi connectivity index (χ4n) is 4.60. The van der Waals surface area contributed by atoms with Gasteiger partial charge in [-0.25, -0.2) is 0 Å². The second-order valence-corrected chi connectivity index (χ2v) is 10.1. The number of carbonyl (C=O) groups is 3. The Morgan fingerprint density at radius 3 is 2.14 bits per heavy atom. The number of hydrogen-bond donors (Lipinski definition) is 3. The molecule has 1 aromatic heterocycles. The Morgan fingerprint density at radius 1 is 0.932 bits per heavy atom. The molecular formula is C31H33N5O7S. The number of rotatable bonds is 13. The van der Waals surface area contributed by atoms with Crippen molar-refractivity contribution in [2.45, 2.75) is 19.5 Å². The zero-order chi connectivity index (χ0) is 31.8. The van der Waals surface area contributed by atoms with E-state index in [1.54, 1.807) is 43.3 Å². The Balaban J connectivity index is 1.98. The predicted molar refractivity (Wildman–Crippen MR) is 167 cm³/mol. The number of nitrogen functional groups attached to an aromatic ring is 1. The molecule has 1 atom stereocenters. The molecule has 5 N–H and O–H groups in total. The maximum atomic E-state index is 14.5. The molecule has 0 unspecified atom stereocenters. The molecule has 0 saturated heterocycles. The standard InChI is InChI=1S/C31H33N5O7S/c1-5-43-21-14-10-9-13-20(21)36(31(39)28-24(32)25(29(33)37)35-44-28)26(30(38)34-17-18-11-7-6-8-12-18)19-15-22(40-2)27(42-4)23(16-19)41-3/h6-16,26H,5,17,32H2,1-4H3,(H2,33,37)(H,34,38)/t26-/m1/s1. The molecule has 12 nitrogen and oxygen atoms in total. The third kappa shape index (κ3) is 6.52. The van der Waals surface area contributed by atoms with E-state index < -0.39 is 23.8 Å². The number of ether oxygens (including phenoxy) is 4. The Bertz CT molecular complexity index is 1620. The molecular weight excluding hydrogens is 586 g/mol. The third-order valence-electron chi connectivity index (χ3n) is 6.62. The second kappa shape index (κ2) is 14.2. The van der Waals surface area contributed by atoms with Crippen molar-refractivity contribution in [2.24, 2.45) is 5.73 Å². The molecule has 3 aromatic carbocycles. The van der Waals surface area contributed by atoms with E-state index in [0.29, 0.717) is 28.6 Å². The summed E-state index contributed by atoms with van der Waals surface area (Å²) in [6.07, 6.45) is 0. The number of hydrogen-bond acceptors (Lipinski definition) is 10. The lowest BCUT2D eigenvalue weighted by Crippen LogP contribution is -2.44. The van der Waals surface area contributed by atoms with Gasteiger partial charge in [0.25, 0.3) is 11.8 Å². The quantitative estimate of drug-likeness (QED) is 0.201. The van der Waals surface area contributed by atoms with Gasteiger partial charge in [-0.05, 0) is 53.8 Å². The minimum absolute atomic E-state index is 0.0848. The minimum atomic E-state index is -1.33. The van der Waals surface area contributed by atoms with Crippen LogP contribution in [0.3, 0.4) is 0 Å². The van der Waals surface area contributed by atoms with Crippen LogP contribution >= 0.6 is 11.5 Å². The smallest absolute Gasteiger partial charge is 0.273 e. The van der Waals surface area contributed by atoms with Crippen LogP contribution in [0.4, 0.5) is 11.4 Å². The summed E-state index contributed by atoms with van der Waals surface area (Å²) in [5.74, 6) is -0.986. The molecule has 44 heavy (non-hydrogen) atoms. The molecule has 4 rings (SSSR count). The summed E-state index contributed by atoms with van der Waals surface area (Å²) < 4.78 is 26.5. The van der Waals surface area contributed by atoms with Gasteiger partial charge in [0.05, 0.1) is 39.3 Å². The van der Waals surface area contributed by atoms with E-state index in [1.165, 1.54) is 26.2 Å². The van der Waals surface area contributed by atoms with E-state index in [1.807, 2.05) is 30.3 Å². The van der Waals surface area contributed by atoms with Crippen molar-refractivity contribution in [3.8, 4) is 23.0 Å². The summed E-state index contributed by atoms with van der Waals surface area (Å²) in [6, 6.07) is 17.9. The number of amides is 3. The number of methoxy groups -OCH3 is 3. The first-order valence-electron chi connectivity index (χ1n) is 13.5. The van der Waals surface area contributed by atoms with Crippen molar-refractivity contribution < 1.29 is 33.3 Å². The molecule has 0 aliphatic carbocycles. The van der Waals surface area contributed by atoms with E-state index >= 15 is 0 Å². The van der Waals surface area contributed by atoms with Crippen molar-refractivity contribution in [1.29, 1.82) is 0 Å². The fourth-order valence-corrected chi connectivity index (χ4v) is 5.34. The monoisotopic (exact) mass is 619 g/mol. The lowest BCUT2D eigenvalue weighted by molar-refractivity contribution is -0.122. The van der Waals surface area contributed by atoms with Crippen LogP contribution < -0.4 is 40.6 Å². The summed E-state index contributed by atoms with van der Waals surface area (Å²) in [6.45, 7) is 2.25. The molecule has 0 aliphatic heterocycles. The first-order chi connectivity index (χ1) is 21.2. The zero-order valence-electron chi connectivity index (χ0n) is 24.7. The van der Waals surface area contributed by atoms with Gasteiger partial charge in [0.1, 0.15) is 16.7 Å².